The van der Waals surface area contributed by atoms with Crippen LogP contribution in [0, 0.1) is 0 Å². The lowest BCUT2D eigenvalue weighted by molar-refractivity contribution is 1.07. The Morgan fingerprint density at radius 1 is 0.917 bits per heavy atom. The molecule has 0 heteroatoms. The Kier molecular flexibility index (Phi) is 18.6. The van der Waals surface area contributed by atoms with E-state index in [1.165, 1.54) is 16.7 Å². The van der Waals surface area contributed by atoms with E-state index in [4.69, 9.17) is 0 Å². The van der Waals surface area contributed by atoms with Crippen molar-refractivity contribution in [3.8, 4) is 0 Å². The zero-order valence-corrected chi connectivity index (χ0v) is 16.1. The van der Waals surface area contributed by atoms with Gasteiger partial charge in [-0.05, 0) is 39.7 Å². The molecule has 0 bridgehead atoms. The maximum atomic E-state index is 3.67. The predicted octanol–water partition coefficient (Wildman–Crippen LogP) is 7.94. The molecule has 0 saturated heterocycles. The van der Waals surface area contributed by atoms with Crippen LogP contribution < -0.4 is 0 Å². The van der Waals surface area contributed by atoms with Crippen LogP contribution in [0.4, 0.5) is 0 Å². The maximum absolute atomic E-state index is 3.67. The molecule has 0 atom stereocenters. The molecule has 0 nitrogen and oxygen atoms in total. The van der Waals surface area contributed by atoms with E-state index in [0.29, 0.717) is 0 Å². The zero-order valence-electron chi connectivity index (χ0n) is 16.1. The summed E-state index contributed by atoms with van der Waals surface area (Å²) in [4.78, 5) is 0. The maximum Gasteiger partial charge on any atom is -0.0257 e. The summed E-state index contributed by atoms with van der Waals surface area (Å²) in [7, 11) is 0. The fraction of sp³-hybridized carbons (Fsp3) is 0.250. The summed E-state index contributed by atoms with van der Waals surface area (Å²) in [5, 5.41) is 0. The lowest BCUT2D eigenvalue weighted by Gasteiger charge is -1.96. The average Bonchev–Trinajstić information content (AvgIpc) is 2.65. The Bertz CT molecular complexity index is 527. The van der Waals surface area contributed by atoms with Gasteiger partial charge in [0.25, 0.3) is 0 Å². The highest BCUT2D eigenvalue weighted by Gasteiger charge is 1.85. The third kappa shape index (κ3) is 16.0. The van der Waals surface area contributed by atoms with Crippen LogP contribution in [0.2, 0.25) is 0 Å². The lowest BCUT2D eigenvalue weighted by atomic mass is 10.1. The van der Waals surface area contributed by atoms with Crippen molar-refractivity contribution < 1.29 is 0 Å². The van der Waals surface area contributed by atoms with Crippen LogP contribution >= 0.6 is 0 Å². The minimum absolute atomic E-state index is 1.14. The Morgan fingerprint density at radius 2 is 1.46 bits per heavy atom. The van der Waals surface area contributed by atoms with Crippen LogP contribution in [-0.2, 0) is 0 Å². The highest BCUT2D eigenvalue weighted by molar-refractivity contribution is 5.50. The summed E-state index contributed by atoms with van der Waals surface area (Å²) in [6, 6.07) is 10.1. The average molecular weight is 323 g/mol. The van der Waals surface area contributed by atoms with E-state index in [0.717, 1.165) is 6.42 Å². The number of allylic oxidation sites excluding steroid dienone is 9. The van der Waals surface area contributed by atoms with Gasteiger partial charge in [0.15, 0.2) is 0 Å². The van der Waals surface area contributed by atoms with E-state index in [1.807, 2.05) is 74.6 Å². The first-order valence-corrected chi connectivity index (χ1v) is 8.44. The summed E-state index contributed by atoms with van der Waals surface area (Å²) in [6.45, 7) is 17.6. The van der Waals surface area contributed by atoms with Gasteiger partial charge in [0.2, 0.25) is 0 Å². The first kappa shape index (κ1) is 23.9. The minimum atomic E-state index is 1.14. The van der Waals surface area contributed by atoms with Gasteiger partial charge in [0, 0.05) is 0 Å². The molecule has 0 radical (unpaired) electrons. The van der Waals surface area contributed by atoms with Gasteiger partial charge in [-0.25, -0.2) is 0 Å². The van der Waals surface area contributed by atoms with Gasteiger partial charge in [0.1, 0.15) is 0 Å². The second-order valence-corrected chi connectivity index (χ2v) is 5.08. The molecule has 130 valence electrons. The van der Waals surface area contributed by atoms with Crippen molar-refractivity contribution in [1.82, 2.24) is 0 Å². The van der Waals surface area contributed by atoms with Gasteiger partial charge >= 0.3 is 0 Å². The standard InChI is InChI=1S/C10H10.C8H14.C6H10/c1-2-3-7-10-8-5-4-6-9-10;1-5-7(3)8(4)6-2;1-3-5-6-4-2/h2-9H,1H2;5H,1,6H2,2-4H3;3-6H,1-2H3/b7-3+;8-7+;5-3+,6-4+. The van der Waals surface area contributed by atoms with Crippen molar-refractivity contribution in [3.63, 3.8) is 0 Å². The van der Waals surface area contributed by atoms with Gasteiger partial charge in [0.05, 0.1) is 0 Å². The largest absolute Gasteiger partial charge is 0.0991 e. The summed E-state index contributed by atoms with van der Waals surface area (Å²) in [5.41, 5.74) is 3.95. The molecule has 1 aromatic carbocycles. The molecule has 0 aromatic heterocycles. The molecule has 24 heavy (non-hydrogen) atoms. The smallest absolute Gasteiger partial charge is 0.0257 e. The van der Waals surface area contributed by atoms with Gasteiger partial charge < -0.3 is 0 Å². The van der Waals surface area contributed by atoms with Crippen molar-refractivity contribution in [2.24, 2.45) is 0 Å². The third-order valence-electron chi connectivity index (χ3n) is 3.23. The van der Waals surface area contributed by atoms with Crippen LogP contribution in [0.25, 0.3) is 6.08 Å². The van der Waals surface area contributed by atoms with E-state index in [-0.39, 0.29) is 0 Å². The van der Waals surface area contributed by atoms with Crippen LogP contribution in [0.1, 0.15) is 46.6 Å². The fourth-order valence-corrected chi connectivity index (χ4v) is 1.42. The molecule has 0 fully saturated rings. The molecule has 0 spiro atoms. The van der Waals surface area contributed by atoms with Crippen molar-refractivity contribution >= 4 is 6.08 Å². The monoisotopic (exact) mass is 322 g/mol. The van der Waals surface area contributed by atoms with Crippen molar-refractivity contribution in [1.29, 1.82) is 0 Å². The summed E-state index contributed by atoms with van der Waals surface area (Å²) < 4.78 is 0. The van der Waals surface area contributed by atoms with Crippen molar-refractivity contribution in [2.45, 2.75) is 41.0 Å². The van der Waals surface area contributed by atoms with Gasteiger partial charge in [-0.15, -0.1) is 0 Å². The number of benzene rings is 1. The molecule has 0 aliphatic rings. The van der Waals surface area contributed by atoms with Crippen LogP contribution in [0.5, 0.6) is 0 Å². The summed E-state index contributed by atoms with van der Waals surface area (Å²) in [5.74, 6) is 0. The number of hydrogen-bond donors (Lipinski definition) is 0. The Balaban J connectivity index is 0. The fourth-order valence-electron chi connectivity index (χ4n) is 1.42. The Morgan fingerprint density at radius 3 is 1.79 bits per heavy atom. The number of rotatable bonds is 5. The third-order valence-corrected chi connectivity index (χ3v) is 3.23. The molecule has 1 aromatic rings. The Labute approximate surface area is 150 Å². The van der Waals surface area contributed by atoms with Gasteiger partial charge in [-0.3, -0.25) is 0 Å². The molecule has 0 unspecified atom stereocenters. The lowest BCUT2D eigenvalue weighted by Crippen LogP contribution is -1.75. The predicted molar refractivity (Wildman–Crippen MR) is 114 cm³/mol. The van der Waals surface area contributed by atoms with E-state index >= 15 is 0 Å². The molecule has 1 rings (SSSR count). The minimum Gasteiger partial charge on any atom is -0.0991 e. The first-order chi connectivity index (χ1) is 11.6. The Hall–Kier alpha value is -2.34. The topological polar surface area (TPSA) is 0 Å². The quantitative estimate of drug-likeness (QED) is 0.482. The number of hydrogen-bond acceptors (Lipinski definition) is 0. The molecular weight excluding hydrogens is 288 g/mol. The summed E-state index contributed by atoms with van der Waals surface area (Å²) >= 11 is 0. The molecule has 0 heterocycles. The van der Waals surface area contributed by atoms with Crippen LogP contribution in [0.3, 0.4) is 0 Å². The first-order valence-electron chi connectivity index (χ1n) is 8.44. The second-order valence-electron chi connectivity index (χ2n) is 5.08. The van der Waals surface area contributed by atoms with Crippen molar-refractivity contribution in [2.75, 3.05) is 0 Å². The van der Waals surface area contributed by atoms with E-state index in [2.05, 4.69) is 46.1 Å². The van der Waals surface area contributed by atoms with E-state index < -0.39 is 0 Å². The molecule has 0 aliphatic carbocycles. The normalized spacial score (nSPS) is 11.4. The molecular formula is C24H34. The van der Waals surface area contributed by atoms with E-state index in [9.17, 15) is 0 Å². The molecule has 0 N–H and O–H groups in total. The zero-order chi connectivity index (χ0) is 18.6. The SMILES string of the molecule is C/C=C/C=C/C.C=C/C(C)=C(\C)CC.C=C/C=C/c1ccccc1. The van der Waals surface area contributed by atoms with E-state index in [1.54, 1.807) is 6.08 Å². The van der Waals surface area contributed by atoms with Crippen LogP contribution in [-0.4, -0.2) is 0 Å². The molecule has 0 saturated carbocycles. The van der Waals surface area contributed by atoms with Gasteiger partial charge in [-0.2, -0.15) is 0 Å². The highest BCUT2D eigenvalue weighted by Crippen LogP contribution is 2.06. The van der Waals surface area contributed by atoms with Crippen molar-refractivity contribution in [3.05, 3.63) is 103 Å². The van der Waals surface area contributed by atoms with Gasteiger partial charge in [-0.1, -0.05) is 110 Å². The van der Waals surface area contributed by atoms with Crippen LogP contribution in [0.15, 0.2) is 97.2 Å². The molecule has 0 amide bonds. The second kappa shape index (κ2) is 18.7. The summed E-state index contributed by atoms with van der Waals surface area (Å²) in [6.07, 6.45) is 16.8. The highest BCUT2D eigenvalue weighted by atomic mass is 13.9. The molecule has 0 aliphatic heterocycles.